The molecular formula is C19H22N2O3. The molecule has 1 aliphatic rings. The van der Waals surface area contributed by atoms with Gasteiger partial charge in [-0.15, -0.1) is 0 Å². The third-order valence-corrected chi connectivity index (χ3v) is 3.91. The number of benzene rings is 2. The van der Waals surface area contributed by atoms with Crippen molar-refractivity contribution in [1.82, 2.24) is 0 Å². The Kier molecular flexibility index (Phi) is 4.89. The van der Waals surface area contributed by atoms with Gasteiger partial charge in [0.25, 0.3) is 0 Å². The smallest absolute Gasteiger partial charge is 0.231 e. The summed E-state index contributed by atoms with van der Waals surface area (Å²) in [5, 5.41) is 6.13. The average molecular weight is 326 g/mol. The number of ether oxygens (including phenoxy) is 2. The summed E-state index contributed by atoms with van der Waals surface area (Å²) in [6, 6.07) is 13.7. The summed E-state index contributed by atoms with van der Waals surface area (Å²) in [5.74, 6) is 1.85. The fourth-order valence-corrected chi connectivity index (χ4v) is 2.50. The van der Waals surface area contributed by atoms with E-state index in [0.29, 0.717) is 36.1 Å². The molecular weight excluding hydrogens is 304 g/mol. The van der Waals surface area contributed by atoms with E-state index >= 15 is 0 Å². The second-order valence-corrected chi connectivity index (χ2v) is 6.07. The van der Waals surface area contributed by atoms with Gasteiger partial charge in [-0.25, -0.2) is 0 Å². The Balaban J connectivity index is 1.45. The van der Waals surface area contributed by atoms with Crippen LogP contribution in [-0.2, 0) is 4.79 Å². The first-order chi connectivity index (χ1) is 11.6. The van der Waals surface area contributed by atoms with Crippen LogP contribution in [0, 0.1) is 0 Å². The van der Waals surface area contributed by atoms with Crippen molar-refractivity contribution in [3.05, 3.63) is 48.0 Å². The number of hydrogen-bond donors (Lipinski definition) is 2. The van der Waals surface area contributed by atoms with Crippen molar-refractivity contribution in [2.45, 2.75) is 26.2 Å². The molecule has 0 saturated heterocycles. The first-order valence-corrected chi connectivity index (χ1v) is 8.15. The molecule has 24 heavy (non-hydrogen) atoms. The second kappa shape index (κ2) is 7.25. The van der Waals surface area contributed by atoms with Crippen LogP contribution in [-0.4, -0.2) is 19.2 Å². The van der Waals surface area contributed by atoms with E-state index in [1.807, 2.05) is 18.2 Å². The minimum Gasteiger partial charge on any atom is -0.454 e. The molecule has 0 saturated carbocycles. The standard InChI is InChI=1S/C19H22N2O3/c1-13(2)14-3-5-15(6-4-14)20-10-9-19(22)21-16-7-8-17-18(11-16)24-12-23-17/h3-8,11,13,20H,9-10,12H2,1-2H3,(H,21,22). The van der Waals surface area contributed by atoms with E-state index in [0.717, 1.165) is 5.69 Å². The Morgan fingerprint density at radius 3 is 2.50 bits per heavy atom. The van der Waals surface area contributed by atoms with Crippen molar-refractivity contribution in [2.24, 2.45) is 0 Å². The van der Waals surface area contributed by atoms with E-state index in [1.165, 1.54) is 5.56 Å². The second-order valence-electron chi connectivity index (χ2n) is 6.07. The molecule has 126 valence electrons. The van der Waals surface area contributed by atoms with Crippen LogP contribution in [0.25, 0.3) is 0 Å². The van der Waals surface area contributed by atoms with Crippen LogP contribution in [0.3, 0.4) is 0 Å². The average Bonchev–Trinajstić information content (AvgIpc) is 3.03. The minimum absolute atomic E-state index is 0.0415. The first kappa shape index (κ1) is 16.2. The Labute approximate surface area is 142 Å². The monoisotopic (exact) mass is 326 g/mol. The fraction of sp³-hybridized carbons (Fsp3) is 0.316. The summed E-state index contributed by atoms with van der Waals surface area (Å²) < 4.78 is 10.6. The number of fused-ring (bicyclic) bond motifs is 1. The van der Waals surface area contributed by atoms with Gasteiger partial charge in [-0.05, 0) is 35.7 Å². The molecule has 3 rings (SSSR count). The van der Waals surface area contributed by atoms with E-state index < -0.39 is 0 Å². The zero-order valence-corrected chi connectivity index (χ0v) is 14.0. The summed E-state index contributed by atoms with van der Waals surface area (Å²) >= 11 is 0. The highest BCUT2D eigenvalue weighted by atomic mass is 16.7. The Morgan fingerprint density at radius 2 is 1.75 bits per heavy atom. The fourth-order valence-electron chi connectivity index (χ4n) is 2.50. The van der Waals surface area contributed by atoms with E-state index in [2.05, 4.69) is 36.6 Å². The van der Waals surface area contributed by atoms with Crippen LogP contribution in [0.2, 0.25) is 0 Å². The normalized spacial score (nSPS) is 12.3. The summed E-state index contributed by atoms with van der Waals surface area (Å²) in [6.07, 6.45) is 0.389. The number of nitrogens with one attached hydrogen (secondary N) is 2. The Bertz CT molecular complexity index is 711. The van der Waals surface area contributed by atoms with Crippen molar-refractivity contribution in [1.29, 1.82) is 0 Å². The largest absolute Gasteiger partial charge is 0.454 e. The molecule has 0 aromatic heterocycles. The molecule has 0 unspecified atom stereocenters. The van der Waals surface area contributed by atoms with Crippen LogP contribution in [0.5, 0.6) is 11.5 Å². The van der Waals surface area contributed by atoms with Crippen LogP contribution in [0.1, 0.15) is 31.7 Å². The summed E-state index contributed by atoms with van der Waals surface area (Å²) in [5.41, 5.74) is 3.04. The molecule has 0 aliphatic carbocycles. The van der Waals surface area contributed by atoms with E-state index in [1.54, 1.807) is 12.1 Å². The van der Waals surface area contributed by atoms with Crippen LogP contribution in [0.4, 0.5) is 11.4 Å². The molecule has 0 atom stereocenters. The molecule has 2 N–H and O–H groups in total. The Morgan fingerprint density at radius 1 is 1.04 bits per heavy atom. The highest BCUT2D eigenvalue weighted by Crippen LogP contribution is 2.34. The van der Waals surface area contributed by atoms with Crippen molar-refractivity contribution in [3.8, 4) is 11.5 Å². The zero-order chi connectivity index (χ0) is 16.9. The predicted octanol–water partition coefficient (Wildman–Crippen LogP) is 3.98. The first-order valence-electron chi connectivity index (χ1n) is 8.15. The number of rotatable bonds is 6. The SMILES string of the molecule is CC(C)c1ccc(NCCC(=O)Nc2ccc3c(c2)OCO3)cc1. The number of anilines is 2. The molecule has 2 aromatic rings. The maximum absolute atomic E-state index is 12.0. The quantitative estimate of drug-likeness (QED) is 0.843. The van der Waals surface area contributed by atoms with Crippen LogP contribution >= 0.6 is 0 Å². The topological polar surface area (TPSA) is 59.6 Å². The molecule has 2 aromatic carbocycles. The van der Waals surface area contributed by atoms with Crippen molar-refractivity contribution >= 4 is 17.3 Å². The van der Waals surface area contributed by atoms with Gasteiger partial charge in [-0.1, -0.05) is 26.0 Å². The van der Waals surface area contributed by atoms with Gasteiger partial charge in [0.2, 0.25) is 12.7 Å². The third-order valence-electron chi connectivity index (χ3n) is 3.91. The summed E-state index contributed by atoms with van der Waals surface area (Å²) in [4.78, 5) is 12.0. The van der Waals surface area contributed by atoms with Crippen molar-refractivity contribution in [2.75, 3.05) is 24.0 Å². The summed E-state index contributed by atoms with van der Waals surface area (Å²) in [7, 11) is 0. The van der Waals surface area contributed by atoms with Gasteiger partial charge in [0.1, 0.15) is 0 Å². The molecule has 1 heterocycles. The van der Waals surface area contributed by atoms with Gasteiger partial charge in [-0.2, -0.15) is 0 Å². The third kappa shape index (κ3) is 3.98. The van der Waals surface area contributed by atoms with Crippen molar-refractivity contribution in [3.63, 3.8) is 0 Å². The van der Waals surface area contributed by atoms with Gasteiger partial charge in [0.15, 0.2) is 11.5 Å². The lowest BCUT2D eigenvalue weighted by atomic mass is 10.0. The number of carbonyl (C=O) groups is 1. The van der Waals surface area contributed by atoms with Gasteiger partial charge >= 0.3 is 0 Å². The molecule has 0 fully saturated rings. The number of carbonyl (C=O) groups excluding carboxylic acids is 1. The van der Waals surface area contributed by atoms with E-state index in [-0.39, 0.29) is 12.7 Å². The number of hydrogen-bond acceptors (Lipinski definition) is 4. The van der Waals surface area contributed by atoms with Gasteiger partial charge in [-0.3, -0.25) is 4.79 Å². The highest BCUT2D eigenvalue weighted by molar-refractivity contribution is 5.91. The van der Waals surface area contributed by atoms with Gasteiger partial charge < -0.3 is 20.1 Å². The molecule has 0 bridgehead atoms. The van der Waals surface area contributed by atoms with E-state index in [4.69, 9.17) is 9.47 Å². The maximum Gasteiger partial charge on any atom is 0.231 e. The van der Waals surface area contributed by atoms with Crippen molar-refractivity contribution < 1.29 is 14.3 Å². The summed E-state index contributed by atoms with van der Waals surface area (Å²) in [6.45, 7) is 5.15. The molecule has 0 radical (unpaired) electrons. The predicted molar refractivity (Wildman–Crippen MR) is 94.8 cm³/mol. The van der Waals surface area contributed by atoms with Crippen LogP contribution < -0.4 is 20.1 Å². The lowest BCUT2D eigenvalue weighted by molar-refractivity contribution is -0.115. The molecule has 5 nitrogen and oxygen atoms in total. The van der Waals surface area contributed by atoms with Crippen LogP contribution in [0.15, 0.2) is 42.5 Å². The zero-order valence-electron chi connectivity index (χ0n) is 14.0. The molecule has 0 spiro atoms. The molecule has 1 amide bonds. The minimum atomic E-state index is -0.0415. The molecule has 5 heteroatoms. The van der Waals surface area contributed by atoms with E-state index in [9.17, 15) is 4.79 Å². The van der Waals surface area contributed by atoms with Gasteiger partial charge in [0, 0.05) is 30.4 Å². The lowest BCUT2D eigenvalue weighted by Crippen LogP contribution is -2.16. The number of amides is 1. The molecule has 1 aliphatic heterocycles. The maximum atomic E-state index is 12.0. The lowest BCUT2D eigenvalue weighted by Gasteiger charge is -2.10. The highest BCUT2D eigenvalue weighted by Gasteiger charge is 2.14. The Hall–Kier alpha value is -2.69. The van der Waals surface area contributed by atoms with Gasteiger partial charge in [0.05, 0.1) is 0 Å².